The minimum Gasteiger partial charge on any atom is -0.508 e. The number of carbonyl (C=O) groups excluding carboxylic acids is 3. The van der Waals surface area contributed by atoms with Crippen molar-refractivity contribution < 1.29 is 28.6 Å². The highest BCUT2D eigenvalue weighted by Gasteiger charge is 2.57. The van der Waals surface area contributed by atoms with Gasteiger partial charge in [-0.25, -0.2) is 0 Å². The van der Waals surface area contributed by atoms with Gasteiger partial charge >= 0.3 is 5.97 Å². The smallest absolute Gasteiger partial charge is 0.311 e. The van der Waals surface area contributed by atoms with Crippen molar-refractivity contribution in [3.05, 3.63) is 107 Å². The largest absolute Gasteiger partial charge is 0.508 e. The van der Waals surface area contributed by atoms with Crippen molar-refractivity contribution in [2.24, 2.45) is 22.7 Å². The fraction of sp³-hybridized carbons (Fsp3) is 0.410. The fourth-order valence-corrected chi connectivity index (χ4v) is 8.09. The third-order valence-corrected chi connectivity index (χ3v) is 10.6. The molecular formula is C39H46N2O6. The van der Waals surface area contributed by atoms with Crippen molar-refractivity contribution in [1.82, 2.24) is 10.6 Å². The zero-order valence-electron chi connectivity index (χ0n) is 27.6. The third kappa shape index (κ3) is 7.37. The third-order valence-electron chi connectivity index (χ3n) is 10.6. The minimum atomic E-state index is -0.508. The summed E-state index contributed by atoms with van der Waals surface area (Å²) in [6, 6.07) is 17.5. The molecule has 2 aliphatic carbocycles. The molecule has 1 aromatic heterocycles. The molecule has 2 amide bonds. The van der Waals surface area contributed by atoms with Crippen molar-refractivity contribution in [3.8, 4) is 5.75 Å². The Labute approximate surface area is 277 Å². The number of hydrogen-bond donors (Lipinski definition) is 3. The van der Waals surface area contributed by atoms with Crippen LogP contribution in [-0.4, -0.2) is 36.5 Å². The van der Waals surface area contributed by atoms with Gasteiger partial charge < -0.3 is 24.9 Å². The van der Waals surface area contributed by atoms with Gasteiger partial charge in [0, 0.05) is 18.2 Å². The van der Waals surface area contributed by atoms with Crippen LogP contribution in [0.25, 0.3) is 6.08 Å². The predicted molar refractivity (Wildman–Crippen MR) is 181 cm³/mol. The van der Waals surface area contributed by atoms with Crippen molar-refractivity contribution in [3.63, 3.8) is 0 Å². The highest BCUT2D eigenvalue weighted by atomic mass is 16.5. The van der Waals surface area contributed by atoms with Crippen LogP contribution >= 0.6 is 0 Å². The molecule has 8 nitrogen and oxygen atoms in total. The van der Waals surface area contributed by atoms with Gasteiger partial charge in [0.05, 0.1) is 18.8 Å². The number of amides is 2. The second-order valence-corrected chi connectivity index (χ2v) is 13.5. The Morgan fingerprint density at radius 2 is 1.79 bits per heavy atom. The number of allylic oxidation sites excluding steroid dienone is 1. The van der Waals surface area contributed by atoms with Gasteiger partial charge in [0.1, 0.15) is 17.2 Å². The number of phenolic OH excluding ortho intramolecular Hbond substituents is 1. The van der Waals surface area contributed by atoms with Crippen LogP contribution in [0.1, 0.15) is 79.6 Å². The van der Waals surface area contributed by atoms with Crippen LogP contribution in [0.3, 0.4) is 0 Å². The summed E-state index contributed by atoms with van der Waals surface area (Å²) in [6.45, 7) is 9.22. The summed E-state index contributed by atoms with van der Waals surface area (Å²) >= 11 is 0. The maximum Gasteiger partial charge on any atom is 0.311 e. The number of carbonyl (C=O) groups is 3. The molecule has 2 aromatic carbocycles. The van der Waals surface area contributed by atoms with E-state index < -0.39 is 17.2 Å². The number of esters is 1. The molecule has 2 fully saturated rings. The average Bonchev–Trinajstić information content (AvgIpc) is 3.51. The van der Waals surface area contributed by atoms with Crippen LogP contribution < -0.4 is 10.6 Å². The summed E-state index contributed by atoms with van der Waals surface area (Å²) in [6.07, 6.45) is 9.93. The number of aromatic hydroxyl groups is 1. The van der Waals surface area contributed by atoms with E-state index in [4.69, 9.17) is 9.15 Å². The van der Waals surface area contributed by atoms with Gasteiger partial charge in [0.25, 0.3) is 11.8 Å². The second-order valence-electron chi connectivity index (χ2n) is 13.5. The Bertz CT molecular complexity index is 1620. The van der Waals surface area contributed by atoms with Crippen LogP contribution in [0.4, 0.5) is 0 Å². The highest BCUT2D eigenvalue weighted by molar-refractivity contribution is 6.05. The molecule has 1 heterocycles. The van der Waals surface area contributed by atoms with Gasteiger partial charge in [-0.3, -0.25) is 14.4 Å². The molecule has 5 rings (SSSR count). The van der Waals surface area contributed by atoms with E-state index in [9.17, 15) is 19.5 Å². The average molecular weight is 639 g/mol. The number of ether oxygens (including phenoxy) is 1. The molecule has 0 spiro atoms. The Kier molecular flexibility index (Phi) is 10.4. The summed E-state index contributed by atoms with van der Waals surface area (Å²) in [5.74, 6) is 0.165. The first-order valence-electron chi connectivity index (χ1n) is 16.5. The molecule has 47 heavy (non-hydrogen) atoms. The number of methoxy groups -OCH3 is 1. The summed E-state index contributed by atoms with van der Waals surface area (Å²) in [5.41, 5.74) is 3.03. The lowest BCUT2D eigenvalue weighted by Gasteiger charge is -2.57. The fourth-order valence-electron chi connectivity index (χ4n) is 8.09. The highest BCUT2D eigenvalue weighted by Crippen LogP contribution is 2.62. The van der Waals surface area contributed by atoms with Gasteiger partial charge in [0.2, 0.25) is 0 Å². The molecule has 0 bridgehead atoms. The molecule has 2 saturated carbocycles. The Morgan fingerprint density at radius 3 is 2.51 bits per heavy atom. The van der Waals surface area contributed by atoms with Gasteiger partial charge in [0.15, 0.2) is 0 Å². The van der Waals surface area contributed by atoms with Crippen molar-refractivity contribution in [2.45, 2.75) is 65.2 Å². The Hall–Kier alpha value is -4.59. The molecule has 0 saturated heterocycles. The van der Waals surface area contributed by atoms with Gasteiger partial charge in [-0.1, -0.05) is 55.8 Å². The SMILES string of the molecule is C=C1CCC2[C@](C)(CCC[C@]2(C)C(=O)OC)[C@H]1CCc1ccoc1C=C(NC(=O)c1ccccc1)C(=O)NCCc1ccc(O)cc1. The summed E-state index contributed by atoms with van der Waals surface area (Å²) in [7, 11) is 1.49. The topological polar surface area (TPSA) is 118 Å². The standard InChI is InChI=1S/C39H46N2O6/c1-26-11-18-34-38(2,21-8-22-39(34,3)37(45)46-4)31(26)17-14-28-20-24-47-33(28)25-32(41-35(43)29-9-6-5-7-10-29)36(44)40-23-19-27-12-15-30(42)16-13-27/h5-7,9-10,12-13,15-16,20,24-25,31,34,42H,1,8,11,14,17-19,21-23H2,2-4H3,(H,40,44)(H,41,43)/t31-,34?,38+,39-/m0/s1. The van der Waals surface area contributed by atoms with E-state index in [0.717, 1.165) is 49.7 Å². The lowest BCUT2D eigenvalue weighted by atomic mass is 9.46. The minimum absolute atomic E-state index is 0.0796. The molecule has 4 atom stereocenters. The van der Waals surface area contributed by atoms with Crippen molar-refractivity contribution in [2.75, 3.05) is 13.7 Å². The van der Waals surface area contributed by atoms with Crippen molar-refractivity contribution in [1.29, 1.82) is 0 Å². The van der Waals surface area contributed by atoms with Crippen LogP contribution in [-0.2, 0) is 27.2 Å². The van der Waals surface area contributed by atoms with E-state index in [0.29, 0.717) is 30.7 Å². The summed E-state index contributed by atoms with van der Waals surface area (Å²) in [4.78, 5) is 39.6. The normalized spacial score (nSPS) is 24.2. The van der Waals surface area contributed by atoms with Crippen LogP contribution in [0.5, 0.6) is 5.75 Å². The number of phenols is 1. The van der Waals surface area contributed by atoms with E-state index in [1.807, 2.05) is 12.1 Å². The molecule has 0 aliphatic heterocycles. The monoisotopic (exact) mass is 638 g/mol. The number of hydrogen-bond acceptors (Lipinski definition) is 6. The number of fused-ring (bicyclic) bond motifs is 1. The second kappa shape index (κ2) is 14.4. The maximum atomic E-state index is 13.5. The molecule has 3 N–H and O–H groups in total. The molecular weight excluding hydrogens is 592 g/mol. The van der Waals surface area contributed by atoms with E-state index in [1.54, 1.807) is 60.9 Å². The number of rotatable bonds is 11. The number of aryl methyl sites for hydroxylation is 1. The predicted octanol–water partition coefficient (Wildman–Crippen LogP) is 7.00. The molecule has 8 heteroatoms. The molecule has 1 unspecified atom stereocenters. The molecule has 3 aromatic rings. The zero-order valence-corrected chi connectivity index (χ0v) is 27.6. The van der Waals surface area contributed by atoms with Crippen LogP contribution in [0.15, 0.2) is 89.2 Å². The van der Waals surface area contributed by atoms with Gasteiger partial charge in [-0.2, -0.15) is 0 Å². The van der Waals surface area contributed by atoms with Crippen molar-refractivity contribution >= 4 is 23.9 Å². The zero-order chi connectivity index (χ0) is 33.6. The van der Waals surface area contributed by atoms with Gasteiger partial charge in [-0.15, -0.1) is 0 Å². The lowest BCUT2D eigenvalue weighted by Crippen LogP contribution is -2.53. The first-order chi connectivity index (χ1) is 22.5. The summed E-state index contributed by atoms with van der Waals surface area (Å²) in [5, 5.41) is 15.3. The van der Waals surface area contributed by atoms with Crippen LogP contribution in [0, 0.1) is 22.7 Å². The van der Waals surface area contributed by atoms with Gasteiger partial charge in [-0.05, 0) is 111 Å². The number of nitrogens with one attached hydrogen (secondary N) is 2. The molecule has 0 radical (unpaired) electrons. The first kappa shape index (κ1) is 33.8. The Morgan fingerprint density at radius 1 is 1.04 bits per heavy atom. The van der Waals surface area contributed by atoms with E-state index in [-0.39, 0.29) is 34.7 Å². The van der Waals surface area contributed by atoms with Crippen LogP contribution in [0.2, 0.25) is 0 Å². The number of furan rings is 1. The molecule has 248 valence electrons. The lowest BCUT2D eigenvalue weighted by molar-refractivity contribution is -0.168. The molecule has 2 aliphatic rings. The van der Waals surface area contributed by atoms with E-state index >= 15 is 0 Å². The quantitative estimate of drug-likeness (QED) is 0.118. The Balaban J connectivity index is 1.34. The maximum absolute atomic E-state index is 13.5. The van der Waals surface area contributed by atoms with E-state index in [2.05, 4.69) is 31.1 Å². The van der Waals surface area contributed by atoms with E-state index in [1.165, 1.54) is 12.7 Å². The summed E-state index contributed by atoms with van der Waals surface area (Å²) < 4.78 is 11.2. The first-order valence-corrected chi connectivity index (χ1v) is 16.5. The number of benzene rings is 2.